The van der Waals surface area contributed by atoms with Gasteiger partial charge < -0.3 is 24.8 Å². The Morgan fingerprint density at radius 3 is 2.69 bits per heavy atom. The van der Waals surface area contributed by atoms with Gasteiger partial charge in [-0.3, -0.25) is 0 Å². The van der Waals surface area contributed by atoms with Crippen LogP contribution in [-0.2, 0) is 24.7 Å². The number of hydrogen-bond acceptors (Lipinski definition) is 0. The van der Waals surface area contributed by atoms with Crippen molar-refractivity contribution in [1.29, 1.82) is 0 Å². The summed E-state index contributed by atoms with van der Waals surface area (Å²) in [6.07, 6.45) is 9.65. The summed E-state index contributed by atoms with van der Waals surface area (Å²) < 4.78 is 0.928. The molecule has 71 valence electrons. The van der Waals surface area contributed by atoms with Crippen molar-refractivity contribution in [3.8, 4) is 0 Å². The van der Waals surface area contributed by atoms with Crippen LogP contribution in [-0.4, -0.2) is 0 Å². The van der Waals surface area contributed by atoms with Gasteiger partial charge in [-0.1, -0.05) is 0 Å². The van der Waals surface area contributed by atoms with E-state index in [1.807, 2.05) is 0 Å². The van der Waals surface area contributed by atoms with Crippen molar-refractivity contribution in [2.75, 3.05) is 0 Å². The molecule has 3 heteroatoms. The second kappa shape index (κ2) is 5.73. The maximum atomic E-state index is 2.40. The fourth-order valence-corrected chi connectivity index (χ4v) is 3.35. The molecule has 3 unspecified atom stereocenters. The Morgan fingerprint density at radius 2 is 2.08 bits per heavy atom. The van der Waals surface area contributed by atoms with Crippen LogP contribution >= 0.6 is 0 Å². The first-order valence-corrected chi connectivity index (χ1v) is 5.78. The van der Waals surface area contributed by atoms with Crippen LogP contribution in [0.1, 0.15) is 19.8 Å². The van der Waals surface area contributed by atoms with E-state index in [0.717, 1.165) is 15.5 Å². The first-order valence-electron chi connectivity index (χ1n) is 4.37. The van der Waals surface area contributed by atoms with Gasteiger partial charge in [0.2, 0.25) is 0 Å². The minimum atomic E-state index is 0. The van der Waals surface area contributed by atoms with E-state index in [4.69, 9.17) is 0 Å². The van der Waals surface area contributed by atoms with E-state index in [0.29, 0.717) is 0 Å². The molecule has 0 amide bonds. The van der Waals surface area contributed by atoms with Gasteiger partial charge in [0, 0.05) is 0 Å². The zero-order chi connectivity index (χ0) is 7.84. The van der Waals surface area contributed by atoms with Gasteiger partial charge in [0.25, 0.3) is 0 Å². The van der Waals surface area contributed by atoms with Crippen LogP contribution in [0.4, 0.5) is 0 Å². The van der Waals surface area contributed by atoms with E-state index in [1.54, 1.807) is 30.3 Å². The van der Waals surface area contributed by atoms with Crippen molar-refractivity contribution >= 4 is 0 Å². The summed E-state index contributed by atoms with van der Waals surface area (Å²) in [7, 11) is 0. The second-order valence-corrected chi connectivity index (χ2v) is 5.25. The van der Waals surface area contributed by atoms with Crippen LogP contribution in [0.3, 0.4) is 0 Å². The Morgan fingerprint density at radius 1 is 1.38 bits per heavy atom. The van der Waals surface area contributed by atoms with Gasteiger partial charge in [-0.15, -0.1) is 0 Å². The van der Waals surface area contributed by atoms with Crippen molar-refractivity contribution in [2.24, 2.45) is 11.8 Å². The molecule has 0 nitrogen and oxygen atoms in total. The average molecular weight is 295 g/mol. The third kappa shape index (κ3) is 2.70. The molecule has 0 aromatic rings. The summed E-state index contributed by atoms with van der Waals surface area (Å²) in [6, 6.07) is 0. The average Bonchev–Trinajstić information content (AvgIpc) is 2.30. The topological polar surface area (TPSA) is 0 Å². The van der Waals surface area contributed by atoms with Gasteiger partial charge in [-0.2, -0.15) is 0 Å². The number of rotatable bonds is 0. The molecule has 0 radical (unpaired) electrons. The van der Waals surface area contributed by atoms with E-state index < -0.39 is 0 Å². The molecule has 0 saturated heterocycles. The van der Waals surface area contributed by atoms with Crippen molar-refractivity contribution in [3.63, 3.8) is 0 Å². The fourth-order valence-electron chi connectivity index (χ4n) is 2.20. The zero-order valence-electron chi connectivity index (χ0n) is 7.63. The van der Waals surface area contributed by atoms with E-state index in [1.165, 1.54) is 12.8 Å². The predicted octanol–water partition coefficient (Wildman–Crippen LogP) is -3.13. The third-order valence-corrected chi connectivity index (χ3v) is 5.12. The Kier molecular flexibility index (Phi) is 6.15. The summed E-state index contributed by atoms with van der Waals surface area (Å²) in [5, 5.41) is 0. The van der Waals surface area contributed by atoms with Gasteiger partial charge in [-0.25, -0.2) is 0 Å². The first-order chi connectivity index (χ1) is 5.29. The maximum Gasteiger partial charge on any atom is -1.00 e. The molecule has 0 aliphatic heterocycles. The standard InChI is InChI=1S/C10H13.2ClH.Zr/c1-8-6-9-4-2-3-5-10(9)7-8;;;/h2-4,6,8,10H,5,7H2,1H3;2*1H;/q;;;+2/p-2. The Balaban J connectivity index is 0.000000720. The molecule has 1 fully saturated rings. The van der Waals surface area contributed by atoms with Crippen molar-refractivity contribution < 1.29 is 49.5 Å². The third-order valence-electron chi connectivity index (χ3n) is 2.90. The maximum absolute atomic E-state index is 2.40. The van der Waals surface area contributed by atoms with Crippen LogP contribution in [0.5, 0.6) is 0 Å². The molecule has 0 aromatic carbocycles. The minimum absolute atomic E-state index is 0. The molecule has 0 bridgehead atoms. The van der Waals surface area contributed by atoms with E-state index >= 15 is 0 Å². The van der Waals surface area contributed by atoms with Crippen LogP contribution < -0.4 is 24.8 Å². The van der Waals surface area contributed by atoms with E-state index in [9.17, 15) is 0 Å². The molecule has 1 saturated carbocycles. The van der Waals surface area contributed by atoms with Gasteiger partial charge in [0.05, 0.1) is 0 Å². The predicted molar refractivity (Wildman–Crippen MR) is 42.9 cm³/mol. The fraction of sp³-hybridized carbons (Fsp3) is 0.600. The molecular formula is C10H13Cl2Zr. The Labute approximate surface area is 108 Å². The van der Waals surface area contributed by atoms with Crippen LogP contribution in [0.2, 0.25) is 3.63 Å². The molecule has 2 rings (SSSR count). The first kappa shape index (κ1) is 13.9. The molecule has 2 aliphatic carbocycles. The Hall–Kier alpha value is 0.943. The van der Waals surface area contributed by atoms with Gasteiger partial charge in [-0.05, 0) is 0 Å². The molecule has 3 atom stereocenters. The molecule has 0 heterocycles. The smallest absolute Gasteiger partial charge is 1.00 e. The van der Waals surface area contributed by atoms with Gasteiger partial charge in [0.15, 0.2) is 0 Å². The SMILES string of the molecule is CC1CC2CC=CC=C2[CH]1[Zr+2].[Cl-].[Cl-]. The second-order valence-electron chi connectivity index (χ2n) is 3.72. The van der Waals surface area contributed by atoms with Crippen LogP contribution in [0.15, 0.2) is 23.8 Å². The number of halogens is 2. The normalized spacial score (nSPS) is 35.6. The summed E-state index contributed by atoms with van der Waals surface area (Å²) in [4.78, 5) is 0. The van der Waals surface area contributed by atoms with Crippen molar-refractivity contribution in [2.45, 2.75) is 23.4 Å². The number of fused-ring (bicyclic) bond motifs is 1. The van der Waals surface area contributed by atoms with E-state index in [2.05, 4.69) is 25.2 Å². The minimum Gasteiger partial charge on any atom is -1.00 e. The summed E-state index contributed by atoms with van der Waals surface area (Å²) in [5.74, 6) is 1.86. The number of allylic oxidation sites excluding steroid dienone is 4. The molecule has 0 aromatic heterocycles. The summed E-state index contributed by atoms with van der Waals surface area (Å²) in [5.41, 5.74) is 1.75. The quantitative estimate of drug-likeness (QED) is 0.443. The zero-order valence-corrected chi connectivity index (χ0v) is 11.6. The summed E-state index contributed by atoms with van der Waals surface area (Å²) in [6.45, 7) is 2.40. The van der Waals surface area contributed by atoms with Crippen LogP contribution in [0.25, 0.3) is 0 Å². The van der Waals surface area contributed by atoms with Gasteiger partial charge >= 0.3 is 83.7 Å². The largest absolute Gasteiger partial charge is 1.00 e. The monoisotopic (exact) mass is 293 g/mol. The summed E-state index contributed by atoms with van der Waals surface area (Å²) >= 11 is 1.71. The van der Waals surface area contributed by atoms with Gasteiger partial charge in [0.1, 0.15) is 0 Å². The molecule has 2 aliphatic rings. The van der Waals surface area contributed by atoms with Crippen molar-refractivity contribution in [1.82, 2.24) is 0 Å². The number of hydrogen-bond donors (Lipinski definition) is 0. The van der Waals surface area contributed by atoms with E-state index in [-0.39, 0.29) is 24.8 Å². The molecule has 13 heavy (non-hydrogen) atoms. The Bertz CT molecular complexity index is 219. The molecular weight excluding hydrogens is 282 g/mol. The molecule has 0 spiro atoms. The van der Waals surface area contributed by atoms with Crippen molar-refractivity contribution in [3.05, 3.63) is 23.8 Å². The molecule has 0 N–H and O–H groups in total. The van der Waals surface area contributed by atoms with Crippen LogP contribution in [0, 0.1) is 11.8 Å².